The van der Waals surface area contributed by atoms with Crippen molar-refractivity contribution >= 4 is 40.6 Å². The summed E-state index contributed by atoms with van der Waals surface area (Å²) in [5, 5.41) is 8.34. The van der Waals surface area contributed by atoms with Crippen LogP contribution in [-0.4, -0.2) is 51.9 Å². The Morgan fingerprint density at radius 1 is 0.865 bits per heavy atom. The van der Waals surface area contributed by atoms with Crippen molar-refractivity contribution in [1.82, 2.24) is 19.7 Å². The first kappa shape index (κ1) is 25.1. The average Bonchev–Trinajstić information content (AvgIpc) is 3.40. The molecule has 0 saturated carbocycles. The van der Waals surface area contributed by atoms with Gasteiger partial charge in [-0.25, -0.2) is 9.78 Å². The maximum Gasteiger partial charge on any atom is 0.322 e. The Balaban J connectivity index is 1.12. The minimum Gasteiger partial charge on any atom is -0.368 e. The molecule has 0 radical (unpaired) electrons. The van der Waals surface area contributed by atoms with Crippen LogP contribution < -0.4 is 10.2 Å². The third kappa shape index (κ3) is 6.24. The van der Waals surface area contributed by atoms with E-state index in [9.17, 15) is 4.79 Å². The molecule has 1 aromatic heterocycles. The van der Waals surface area contributed by atoms with E-state index in [1.165, 1.54) is 5.56 Å². The van der Waals surface area contributed by atoms with Crippen LogP contribution in [0.1, 0.15) is 12.0 Å². The molecule has 0 aliphatic carbocycles. The second-order valence-electron chi connectivity index (χ2n) is 8.97. The van der Waals surface area contributed by atoms with E-state index in [4.69, 9.17) is 23.2 Å². The average molecular weight is 535 g/mol. The quantitative estimate of drug-likeness (QED) is 0.304. The molecule has 1 N–H and O–H groups in total. The van der Waals surface area contributed by atoms with Gasteiger partial charge in [-0.1, -0.05) is 59.6 Å². The van der Waals surface area contributed by atoms with Crippen molar-refractivity contribution in [2.45, 2.75) is 19.4 Å². The Morgan fingerprint density at radius 3 is 2.27 bits per heavy atom. The van der Waals surface area contributed by atoms with Crippen LogP contribution in [0.4, 0.5) is 16.2 Å². The van der Waals surface area contributed by atoms with Crippen LogP contribution in [-0.2, 0) is 13.0 Å². The summed E-state index contributed by atoms with van der Waals surface area (Å²) in [6, 6.07) is 23.7. The van der Waals surface area contributed by atoms with Crippen molar-refractivity contribution in [3.05, 3.63) is 94.7 Å². The summed E-state index contributed by atoms with van der Waals surface area (Å²) in [5.41, 5.74) is 3.88. The van der Waals surface area contributed by atoms with Crippen LogP contribution in [0.2, 0.25) is 10.0 Å². The number of carbonyl (C=O) groups is 1. The van der Waals surface area contributed by atoms with Crippen molar-refractivity contribution < 1.29 is 4.79 Å². The Kier molecular flexibility index (Phi) is 7.92. The number of piperazine rings is 1. The fraction of sp³-hybridized carbons (Fsp3) is 0.250. The number of carbonyl (C=O) groups excluding carboxylic acids is 1. The Bertz CT molecular complexity index is 1310. The number of anilines is 2. The zero-order chi connectivity index (χ0) is 25.6. The molecule has 1 aliphatic rings. The van der Waals surface area contributed by atoms with Crippen molar-refractivity contribution in [3.63, 3.8) is 0 Å². The number of hydrogen-bond acceptors (Lipinski definition) is 4. The molecule has 37 heavy (non-hydrogen) atoms. The summed E-state index contributed by atoms with van der Waals surface area (Å²) in [7, 11) is 0. The Morgan fingerprint density at radius 2 is 1.57 bits per heavy atom. The van der Waals surface area contributed by atoms with E-state index in [1.807, 2.05) is 10.7 Å². The normalized spacial score (nSPS) is 13.6. The molecule has 9 heteroatoms. The number of halogens is 2. The summed E-state index contributed by atoms with van der Waals surface area (Å²) in [6.45, 7) is 3.50. The van der Waals surface area contributed by atoms with Gasteiger partial charge in [0.25, 0.3) is 0 Å². The van der Waals surface area contributed by atoms with Crippen LogP contribution >= 0.6 is 23.2 Å². The van der Waals surface area contributed by atoms with Crippen LogP contribution in [0, 0.1) is 0 Å². The van der Waals surface area contributed by atoms with Crippen LogP contribution in [0.15, 0.2) is 79.1 Å². The highest BCUT2D eigenvalue weighted by atomic mass is 35.5. The van der Waals surface area contributed by atoms with Gasteiger partial charge in [0.15, 0.2) is 5.82 Å². The lowest BCUT2D eigenvalue weighted by molar-refractivity contribution is 0.208. The van der Waals surface area contributed by atoms with Crippen molar-refractivity contribution in [3.8, 4) is 11.4 Å². The van der Waals surface area contributed by atoms with Gasteiger partial charge in [-0.3, -0.25) is 4.68 Å². The third-order valence-electron chi connectivity index (χ3n) is 6.48. The summed E-state index contributed by atoms with van der Waals surface area (Å²) in [5.74, 6) is 0.728. The molecule has 190 valence electrons. The van der Waals surface area contributed by atoms with Gasteiger partial charge in [0, 0.05) is 44.0 Å². The van der Waals surface area contributed by atoms with Crippen LogP contribution in [0.3, 0.4) is 0 Å². The number of nitrogens with one attached hydrogen (secondary N) is 1. The van der Waals surface area contributed by atoms with Gasteiger partial charge in [-0.15, -0.1) is 0 Å². The third-order valence-corrected chi connectivity index (χ3v) is 7.11. The first-order chi connectivity index (χ1) is 18.1. The minimum absolute atomic E-state index is 0.199. The number of amides is 2. The molecular weight excluding hydrogens is 507 g/mol. The number of nitrogens with zero attached hydrogens (tertiary/aromatic N) is 5. The molecule has 3 aromatic carbocycles. The molecule has 4 aromatic rings. The highest BCUT2D eigenvalue weighted by molar-refractivity contribution is 6.39. The molecule has 2 heterocycles. The number of aryl methyl sites for hydroxylation is 2. The fourth-order valence-electron chi connectivity index (χ4n) is 4.42. The second kappa shape index (κ2) is 11.7. The maximum absolute atomic E-state index is 12.7. The molecule has 5 rings (SSSR count). The molecule has 1 saturated heterocycles. The molecular formula is C28H28Cl2N6O. The van der Waals surface area contributed by atoms with Crippen molar-refractivity contribution in [2.75, 3.05) is 36.4 Å². The zero-order valence-electron chi connectivity index (χ0n) is 20.4. The van der Waals surface area contributed by atoms with E-state index >= 15 is 0 Å². The van der Waals surface area contributed by atoms with Crippen LogP contribution in [0.5, 0.6) is 0 Å². The monoisotopic (exact) mass is 534 g/mol. The maximum atomic E-state index is 12.7. The van der Waals surface area contributed by atoms with E-state index < -0.39 is 0 Å². The van der Waals surface area contributed by atoms with Gasteiger partial charge >= 0.3 is 6.03 Å². The lowest BCUT2D eigenvalue weighted by atomic mass is 10.1. The minimum atomic E-state index is -0.199. The molecule has 0 unspecified atom stereocenters. The molecule has 1 fully saturated rings. The Hall–Kier alpha value is -3.55. The largest absolute Gasteiger partial charge is 0.368 e. The highest BCUT2D eigenvalue weighted by Gasteiger charge is 2.22. The van der Waals surface area contributed by atoms with Gasteiger partial charge in [0.05, 0.1) is 15.7 Å². The summed E-state index contributed by atoms with van der Waals surface area (Å²) in [6.07, 6.45) is 3.84. The molecule has 0 atom stereocenters. The van der Waals surface area contributed by atoms with Crippen molar-refractivity contribution in [2.24, 2.45) is 0 Å². The van der Waals surface area contributed by atoms with E-state index in [0.29, 0.717) is 28.8 Å². The Labute approximate surface area is 226 Å². The number of aromatic nitrogens is 3. The fourth-order valence-corrected chi connectivity index (χ4v) is 4.91. The van der Waals surface area contributed by atoms with E-state index in [-0.39, 0.29) is 6.03 Å². The first-order valence-electron chi connectivity index (χ1n) is 12.4. The van der Waals surface area contributed by atoms with Gasteiger partial charge in [-0.05, 0) is 54.8 Å². The molecule has 2 amide bonds. The van der Waals surface area contributed by atoms with Gasteiger partial charge in [-0.2, -0.15) is 5.10 Å². The lowest BCUT2D eigenvalue weighted by Gasteiger charge is -2.36. The number of para-hydroxylation sites is 1. The number of rotatable bonds is 7. The lowest BCUT2D eigenvalue weighted by Crippen LogP contribution is -2.50. The highest BCUT2D eigenvalue weighted by Crippen LogP contribution is 2.30. The molecule has 7 nitrogen and oxygen atoms in total. The van der Waals surface area contributed by atoms with Gasteiger partial charge in [0.1, 0.15) is 6.33 Å². The standard InChI is InChI=1S/C28H28Cl2N6O/c29-24-9-4-10-25(30)26(24)32-28(37)35-18-16-34(17-19-35)23-13-11-22(12-14-23)27-31-20-36(33-27)15-5-8-21-6-2-1-3-7-21/h1-4,6-7,9-14,20H,5,8,15-19H2,(H,32,37). The van der Waals surface area contributed by atoms with Crippen LogP contribution in [0.25, 0.3) is 11.4 Å². The number of urea groups is 1. The predicted octanol–water partition coefficient (Wildman–Crippen LogP) is 6.24. The topological polar surface area (TPSA) is 66.3 Å². The summed E-state index contributed by atoms with van der Waals surface area (Å²) in [4.78, 5) is 21.3. The van der Waals surface area contributed by atoms with Gasteiger partial charge in [0.2, 0.25) is 0 Å². The first-order valence-corrected chi connectivity index (χ1v) is 13.1. The molecule has 0 bridgehead atoms. The van der Waals surface area contributed by atoms with Gasteiger partial charge < -0.3 is 15.1 Å². The SMILES string of the molecule is O=C(Nc1c(Cl)cccc1Cl)N1CCN(c2ccc(-c3ncn(CCCc4ccccc4)n3)cc2)CC1. The molecule has 0 spiro atoms. The summed E-state index contributed by atoms with van der Waals surface area (Å²) < 4.78 is 1.91. The zero-order valence-corrected chi connectivity index (χ0v) is 21.9. The second-order valence-corrected chi connectivity index (χ2v) is 9.78. The van der Waals surface area contributed by atoms with E-state index in [2.05, 4.69) is 68.8 Å². The number of hydrogen-bond donors (Lipinski definition) is 1. The van der Waals surface area contributed by atoms with E-state index in [0.717, 1.165) is 49.6 Å². The van der Waals surface area contributed by atoms with E-state index in [1.54, 1.807) is 29.4 Å². The van der Waals surface area contributed by atoms with Crippen molar-refractivity contribution in [1.29, 1.82) is 0 Å². The smallest absolute Gasteiger partial charge is 0.322 e. The predicted molar refractivity (Wildman–Crippen MR) is 149 cm³/mol. The molecule has 1 aliphatic heterocycles. The number of benzene rings is 3. The summed E-state index contributed by atoms with van der Waals surface area (Å²) >= 11 is 12.4.